The van der Waals surface area contributed by atoms with Gasteiger partial charge in [-0.2, -0.15) is 0 Å². The molecule has 1 aliphatic heterocycles. The highest BCUT2D eigenvalue weighted by Gasteiger charge is 2.34. The van der Waals surface area contributed by atoms with Crippen molar-refractivity contribution in [1.82, 2.24) is 15.5 Å². The van der Waals surface area contributed by atoms with Crippen molar-refractivity contribution in [3.63, 3.8) is 0 Å². The number of nitrogens with one attached hydrogen (secondary N) is 2. The van der Waals surface area contributed by atoms with E-state index in [1.807, 2.05) is 13.0 Å². The molecule has 1 heterocycles. The monoisotopic (exact) mass is 541 g/mol. The first-order valence-electron chi connectivity index (χ1n) is 11.3. The second-order valence-electron chi connectivity index (χ2n) is 7.73. The van der Waals surface area contributed by atoms with E-state index in [0.29, 0.717) is 44.0 Å². The molecule has 2 rings (SSSR count). The van der Waals surface area contributed by atoms with Crippen LogP contribution in [-0.2, 0) is 14.3 Å². The van der Waals surface area contributed by atoms with Crippen LogP contribution in [-0.4, -0.2) is 60.1 Å². The van der Waals surface area contributed by atoms with E-state index in [2.05, 4.69) is 33.5 Å². The number of ether oxygens (including phenoxy) is 2. The number of amides is 2. The molecule has 182 valence electrons. The van der Waals surface area contributed by atoms with Gasteiger partial charge in [0.2, 0.25) is 5.91 Å². The normalized spacial score (nSPS) is 15.5. The first-order valence-corrected chi connectivity index (χ1v) is 12.5. The lowest BCUT2D eigenvalue weighted by Crippen LogP contribution is -2.60. The maximum absolute atomic E-state index is 13.0. The maximum atomic E-state index is 13.0. The molecule has 0 radical (unpaired) electrons. The second-order valence-corrected chi connectivity index (χ2v) is 9.04. The molecule has 33 heavy (non-hydrogen) atoms. The predicted octanol–water partition coefficient (Wildman–Crippen LogP) is 3.57. The summed E-state index contributed by atoms with van der Waals surface area (Å²) in [6.45, 7) is 5.57. The summed E-state index contributed by atoms with van der Waals surface area (Å²) >= 11 is 8.83. The van der Waals surface area contributed by atoms with Gasteiger partial charge in [0.1, 0.15) is 11.8 Å². The maximum Gasteiger partial charge on any atom is 0.308 e. The van der Waals surface area contributed by atoms with E-state index in [1.54, 1.807) is 17.0 Å². The topological polar surface area (TPSA) is 97.0 Å². The summed E-state index contributed by atoms with van der Waals surface area (Å²) in [7, 11) is 0. The van der Waals surface area contributed by atoms with Crippen LogP contribution in [0.5, 0.6) is 5.75 Å². The zero-order valence-corrected chi connectivity index (χ0v) is 21.6. The lowest BCUT2D eigenvalue weighted by atomic mass is 10.1. The van der Waals surface area contributed by atoms with E-state index in [-0.39, 0.29) is 17.4 Å². The van der Waals surface area contributed by atoms with Gasteiger partial charge in [-0.3, -0.25) is 19.7 Å². The highest BCUT2D eigenvalue weighted by atomic mass is 79.9. The van der Waals surface area contributed by atoms with Crippen molar-refractivity contribution in [2.45, 2.75) is 58.4 Å². The van der Waals surface area contributed by atoms with E-state index in [4.69, 9.17) is 21.7 Å². The molecule has 2 amide bonds. The molecule has 0 aliphatic carbocycles. The summed E-state index contributed by atoms with van der Waals surface area (Å²) in [4.78, 5) is 39.1. The van der Waals surface area contributed by atoms with Gasteiger partial charge in [0.05, 0.1) is 25.2 Å². The Morgan fingerprint density at radius 2 is 2.00 bits per heavy atom. The number of carbonyl (C=O) groups is 3. The lowest BCUT2D eigenvalue weighted by Gasteiger charge is -2.36. The number of carbonyl (C=O) groups excluding carboxylic acids is 3. The largest absolute Gasteiger partial charge is 0.493 e. The molecule has 2 N–H and O–H groups in total. The number of hydrogen-bond donors (Lipinski definition) is 2. The number of piperazine rings is 1. The molecule has 1 aromatic carbocycles. The minimum absolute atomic E-state index is 0.0806. The van der Waals surface area contributed by atoms with Crippen LogP contribution in [0.2, 0.25) is 0 Å². The molecule has 1 aromatic rings. The third-order valence-electron chi connectivity index (χ3n) is 5.08. The average molecular weight is 542 g/mol. The van der Waals surface area contributed by atoms with E-state index in [9.17, 15) is 14.4 Å². The number of esters is 1. The highest BCUT2D eigenvalue weighted by molar-refractivity contribution is 9.10. The van der Waals surface area contributed by atoms with Gasteiger partial charge in [-0.1, -0.05) is 49.0 Å². The zero-order valence-electron chi connectivity index (χ0n) is 19.2. The molecule has 8 nitrogen and oxygen atoms in total. The van der Waals surface area contributed by atoms with E-state index >= 15 is 0 Å². The third-order valence-corrected chi connectivity index (χ3v) is 5.91. The number of benzene rings is 1. The number of rotatable bonds is 11. The van der Waals surface area contributed by atoms with E-state index in [0.717, 1.165) is 30.2 Å². The standard InChI is InChI=1S/C23H32BrN3O5S/c1-3-5-6-7-13-31-19-9-8-16(24)14-17(19)21(29)26-23(33)27-11-10-25-22(30)18(27)15-20(28)32-12-4-2/h8-9,14,18H,3-7,10-13,15H2,1-2H3,(H,25,30)(H,26,29,33). The van der Waals surface area contributed by atoms with Gasteiger partial charge in [0, 0.05) is 17.6 Å². The van der Waals surface area contributed by atoms with Gasteiger partial charge in [-0.05, 0) is 43.3 Å². The fourth-order valence-electron chi connectivity index (χ4n) is 3.35. The minimum Gasteiger partial charge on any atom is -0.493 e. The van der Waals surface area contributed by atoms with Crippen molar-refractivity contribution >= 4 is 51.0 Å². The quantitative estimate of drug-likeness (QED) is 0.251. The summed E-state index contributed by atoms with van der Waals surface area (Å²) in [6, 6.07) is 4.38. The van der Waals surface area contributed by atoms with Crippen LogP contribution in [0.15, 0.2) is 22.7 Å². The summed E-state index contributed by atoms with van der Waals surface area (Å²) in [5.41, 5.74) is 0.336. The van der Waals surface area contributed by atoms with Gasteiger partial charge in [-0.25, -0.2) is 0 Å². The average Bonchev–Trinajstić information content (AvgIpc) is 2.79. The van der Waals surface area contributed by atoms with Crippen LogP contribution in [0.1, 0.15) is 62.7 Å². The Bertz CT molecular complexity index is 851. The summed E-state index contributed by atoms with van der Waals surface area (Å²) in [5.74, 6) is -0.789. The van der Waals surface area contributed by atoms with Crippen LogP contribution < -0.4 is 15.4 Å². The minimum atomic E-state index is -0.840. The van der Waals surface area contributed by atoms with Crippen LogP contribution >= 0.6 is 28.1 Å². The van der Waals surface area contributed by atoms with Crippen molar-refractivity contribution in [2.75, 3.05) is 26.3 Å². The van der Waals surface area contributed by atoms with Crippen molar-refractivity contribution in [3.8, 4) is 5.75 Å². The molecule has 1 aliphatic rings. The SMILES string of the molecule is CCCCCCOc1ccc(Br)cc1C(=O)NC(=S)N1CCNC(=O)C1CC(=O)OCCC. The van der Waals surface area contributed by atoms with Crippen molar-refractivity contribution in [2.24, 2.45) is 0 Å². The molecular weight excluding hydrogens is 510 g/mol. The van der Waals surface area contributed by atoms with Crippen molar-refractivity contribution < 1.29 is 23.9 Å². The van der Waals surface area contributed by atoms with Crippen LogP contribution in [0, 0.1) is 0 Å². The molecule has 1 saturated heterocycles. The van der Waals surface area contributed by atoms with Gasteiger partial charge in [-0.15, -0.1) is 0 Å². The fraction of sp³-hybridized carbons (Fsp3) is 0.565. The van der Waals surface area contributed by atoms with E-state index in [1.165, 1.54) is 0 Å². The number of nitrogens with zero attached hydrogens (tertiary/aromatic N) is 1. The number of unbranched alkanes of at least 4 members (excludes halogenated alkanes) is 3. The third kappa shape index (κ3) is 8.58. The number of hydrogen-bond acceptors (Lipinski definition) is 6. The number of halogens is 1. The van der Waals surface area contributed by atoms with Gasteiger partial charge in [0.15, 0.2) is 5.11 Å². The highest BCUT2D eigenvalue weighted by Crippen LogP contribution is 2.24. The molecule has 1 fully saturated rings. The zero-order chi connectivity index (χ0) is 24.2. The summed E-state index contributed by atoms with van der Waals surface area (Å²) in [6.07, 6.45) is 4.79. The Balaban J connectivity index is 2.07. The smallest absolute Gasteiger partial charge is 0.308 e. The summed E-state index contributed by atoms with van der Waals surface area (Å²) < 4.78 is 11.7. The Morgan fingerprint density at radius 3 is 2.73 bits per heavy atom. The molecule has 10 heteroatoms. The fourth-order valence-corrected chi connectivity index (χ4v) is 4.02. The van der Waals surface area contributed by atoms with Crippen LogP contribution in [0.3, 0.4) is 0 Å². The van der Waals surface area contributed by atoms with Gasteiger partial charge < -0.3 is 19.7 Å². The molecule has 0 spiro atoms. The molecule has 0 bridgehead atoms. The first kappa shape index (κ1) is 27.0. The molecule has 1 unspecified atom stereocenters. The van der Waals surface area contributed by atoms with Crippen molar-refractivity contribution in [1.29, 1.82) is 0 Å². The van der Waals surface area contributed by atoms with E-state index < -0.39 is 17.9 Å². The molecule has 0 aromatic heterocycles. The Kier molecular flexibility index (Phi) is 11.6. The Morgan fingerprint density at radius 1 is 1.21 bits per heavy atom. The van der Waals surface area contributed by atoms with Crippen LogP contribution in [0.25, 0.3) is 0 Å². The van der Waals surface area contributed by atoms with Crippen LogP contribution in [0.4, 0.5) is 0 Å². The van der Waals surface area contributed by atoms with Gasteiger partial charge in [0.25, 0.3) is 5.91 Å². The predicted molar refractivity (Wildman–Crippen MR) is 133 cm³/mol. The van der Waals surface area contributed by atoms with Crippen molar-refractivity contribution in [3.05, 3.63) is 28.2 Å². The molecule has 1 atom stereocenters. The first-order chi connectivity index (χ1) is 15.9. The lowest BCUT2D eigenvalue weighted by molar-refractivity contribution is -0.147. The van der Waals surface area contributed by atoms with Gasteiger partial charge >= 0.3 is 5.97 Å². The Hall–Kier alpha value is -2.20. The molecular formula is C23H32BrN3O5S. The second kappa shape index (κ2) is 14.1. The molecule has 0 saturated carbocycles. The number of thiocarbonyl (C=S) groups is 1. The Labute approximate surface area is 208 Å². The summed E-state index contributed by atoms with van der Waals surface area (Å²) in [5, 5.41) is 5.51.